The zero-order chi connectivity index (χ0) is 90.9. The predicted octanol–water partition coefficient (Wildman–Crippen LogP) is 2.71. The molecule has 8 aromatic rings. The maximum atomic E-state index is 15.8. The first-order valence-corrected chi connectivity index (χ1v) is 43.0. The van der Waals surface area contributed by atoms with Crippen molar-refractivity contribution in [1.82, 2.24) is 46.5 Å². The molecule has 3 aromatic heterocycles. The van der Waals surface area contributed by atoms with E-state index in [9.17, 15) is 75.7 Å². The predicted molar refractivity (Wildman–Crippen MR) is 471 cm³/mol. The first-order valence-electron chi connectivity index (χ1n) is 43.0. The Morgan fingerprint density at radius 3 is 1.00 bits per heavy atom. The molecule has 0 radical (unpaired) electrons. The van der Waals surface area contributed by atoms with Crippen molar-refractivity contribution in [2.45, 2.75) is 149 Å². The van der Waals surface area contributed by atoms with Gasteiger partial charge in [-0.05, 0) is 108 Å². The Balaban J connectivity index is 0.775. The molecular weight excluding hydrogens is 1670 g/mol. The number of H-pyrrole nitrogens is 2. The lowest BCUT2D eigenvalue weighted by molar-refractivity contribution is -0.302. The van der Waals surface area contributed by atoms with Crippen LogP contribution in [0.2, 0.25) is 0 Å². The highest BCUT2D eigenvalue weighted by molar-refractivity contribution is 6.02. The van der Waals surface area contributed by atoms with Gasteiger partial charge in [-0.3, -0.25) is 24.0 Å². The van der Waals surface area contributed by atoms with Gasteiger partial charge in [-0.2, -0.15) is 0 Å². The van der Waals surface area contributed by atoms with Crippen LogP contribution in [0.1, 0.15) is 77.2 Å². The second-order valence-electron chi connectivity index (χ2n) is 31.8. The monoisotopic (exact) mass is 1780 g/mol. The molecule has 0 saturated carbocycles. The summed E-state index contributed by atoms with van der Waals surface area (Å²) in [4.78, 5) is 91.9. The van der Waals surface area contributed by atoms with Crippen LogP contribution in [0.25, 0.3) is 90.9 Å². The van der Waals surface area contributed by atoms with Crippen molar-refractivity contribution in [3.05, 3.63) is 204 Å². The van der Waals surface area contributed by atoms with Crippen LogP contribution in [0, 0.1) is 0 Å². The van der Waals surface area contributed by atoms with Gasteiger partial charge in [0.2, 0.25) is 23.6 Å². The lowest BCUT2D eigenvalue weighted by Crippen LogP contribution is -2.59. The first-order chi connectivity index (χ1) is 62.6. The van der Waals surface area contributed by atoms with Gasteiger partial charge in [0.15, 0.2) is 18.9 Å². The molecule has 129 heavy (non-hydrogen) atoms. The molecule has 19 N–H and O–H groups in total. The zero-order valence-electron chi connectivity index (χ0n) is 70.7. The number of rotatable bonds is 43. The van der Waals surface area contributed by atoms with Gasteiger partial charge < -0.3 is 140 Å². The fraction of sp³-hybridized carbons (Fsp3) is 0.415. The summed E-state index contributed by atoms with van der Waals surface area (Å²) in [6.07, 6.45) is -16.2. The minimum Gasteiger partial charge on any atom is -0.394 e. The number of ether oxygens (including phenoxy) is 9. The summed E-state index contributed by atoms with van der Waals surface area (Å²) in [6.45, 7) is -3.17. The van der Waals surface area contributed by atoms with E-state index in [4.69, 9.17) is 52.6 Å². The quantitative estimate of drug-likeness (QED) is 0.0244. The van der Waals surface area contributed by atoms with Crippen LogP contribution in [-0.4, -0.2) is 313 Å². The van der Waals surface area contributed by atoms with Gasteiger partial charge in [-0.1, -0.05) is 133 Å². The number of aliphatic hydroxyl groups is 12. The largest absolute Gasteiger partial charge is 0.394 e. The van der Waals surface area contributed by atoms with Crippen molar-refractivity contribution in [2.75, 3.05) is 98.9 Å². The Kier molecular flexibility index (Phi) is 34.6. The average molecular weight is 1780 g/mol. The number of nitrogens with zero attached hydrogens (tertiary/aromatic N) is 2. The van der Waals surface area contributed by atoms with Crippen molar-refractivity contribution >= 4 is 75.9 Å². The van der Waals surface area contributed by atoms with Crippen LogP contribution < -0.4 is 26.6 Å². The van der Waals surface area contributed by atoms with E-state index in [1.165, 1.54) is 0 Å². The summed E-state index contributed by atoms with van der Waals surface area (Å²) in [5.74, 6) is -3.03. The molecule has 5 aliphatic rings. The zero-order valence-corrected chi connectivity index (χ0v) is 70.7. The average Bonchev–Trinajstić information content (AvgIpc) is 1.62. The number of aliphatic hydroxyl groups excluding tert-OH is 12. The van der Waals surface area contributed by atoms with E-state index in [1.54, 1.807) is 54.6 Å². The Morgan fingerprint density at radius 2 is 0.682 bits per heavy atom. The van der Waals surface area contributed by atoms with E-state index in [1.807, 2.05) is 115 Å². The molecule has 5 amide bonds. The van der Waals surface area contributed by atoms with E-state index >= 15 is 9.59 Å². The molecule has 8 bridgehead atoms. The minimum absolute atomic E-state index is 0.0569. The first kappa shape index (κ1) is 95.8. The second-order valence-corrected chi connectivity index (χ2v) is 31.8. The molecule has 35 heteroatoms. The van der Waals surface area contributed by atoms with Crippen molar-refractivity contribution in [2.24, 2.45) is 0 Å². The van der Waals surface area contributed by atoms with Gasteiger partial charge in [-0.15, -0.1) is 0 Å². The van der Waals surface area contributed by atoms with Crippen molar-refractivity contribution < 1.29 is 128 Å². The van der Waals surface area contributed by atoms with Gasteiger partial charge >= 0.3 is 0 Å². The standard InChI is InChI=1S/C94H111N9O26/c104-52-70-80(110)83(113)86(116)91(127-70)124-48-45-121-42-39-95-73(107)33-36-94(37-34-74(108)96-40-43-122-46-49-125-92-87(117)84(114)81(111)71(53-105)128-92,38-35-75(109)97-41-44-123-47-50-126-93-88(118)85(115)82(112)72(54-106)129-93)103-90(120)69(51-55-13-5-1-6-14-55)102-89(119)60-23-21-59(22-24-60)79-67-31-29-65(100-67)77(57-17-9-3-10-18-57)63-27-25-61(98-63)76(56-15-7-2-8-16-56)62-26-28-64(99-62)78(58-19-11-4-12-20-58)66-30-32-68(79)101-66/h1-32,69-72,80-88,91-93,98,101,104-106,110-118H,33-54H2,(H,95,107)(H,96,108)(H,97,109)(H,102,119)(H,103,120)/t69-,70+,71+,72+,80+,81+,82+,83-,84-,85-,86-,87-,88-,91-,92-,93-/m0/s1. The molecule has 8 heterocycles. The van der Waals surface area contributed by atoms with Crippen molar-refractivity contribution in [1.29, 1.82) is 0 Å². The lowest BCUT2D eigenvalue weighted by Gasteiger charge is -2.39. The number of hydrogen-bond donors (Lipinski definition) is 19. The fourth-order valence-electron chi connectivity index (χ4n) is 15.9. The normalized spacial score (nSPS) is 22.9. The third kappa shape index (κ3) is 24.9. The highest BCUT2D eigenvalue weighted by atomic mass is 16.7. The number of aromatic nitrogens is 4. The van der Waals surface area contributed by atoms with E-state index in [0.29, 0.717) is 33.6 Å². The van der Waals surface area contributed by atoms with E-state index in [-0.39, 0.29) is 130 Å². The summed E-state index contributed by atoms with van der Waals surface area (Å²) in [5, 5.41) is 136. The topological polar surface area (TPSA) is 529 Å². The van der Waals surface area contributed by atoms with Crippen LogP contribution >= 0.6 is 0 Å². The number of amides is 5. The molecule has 3 saturated heterocycles. The molecule has 688 valence electrons. The Bertz CT molecular complexity index is 5050. The number of carbonyl (C=O) groups is 5. The molecule has 3 fully saturated rings. The summed E-state index contributed by atoms with van der Waals surface area (Å²) < 4.78 is 49.9. The number of hydrogen-bond acceptors (Lipinski definition) is 28. The molecule has 5 aromatic carbocycles. The molecule has 35 nitrogen and oxygen atoms in total. The number of nitrogens with one attached hydrogen (secondary N) is 7. The summed E-state index contributed by atoms with van der Waals surface area (Å²) in [7, 11) is 0. The third-order valence-corrected chi connectivity index (χ3v) is 22.9. The number of aromatic amines is 2. The van der Waals surface area contributed by atoms with Crippen LogP contribution in [0.4, 0.5) is 0 Å². The Labute approximate surface area is 742 Å². The summed E-state index contributed by atoms with van der Waals surface area (Å²) >= 11 is 0. The van der Waals surface area contributed by atoms with Crippen molar-refractivity contribution in [3.63, 3.8) is 0 Å². The molecule has 0 spiro atoms. The third-order valence-electron chi connectivity index (χ3n) is 22.9. The molecule has 5 aliphatic heterocycles. The van der Waals surface area contributed by atoms with Gasteiger partial charge in [0.1, 0.15) is 79.3 Å². The Hall–Kier alpha value is -10.8. The SMILES string of the molecule is O=C(CCC(CCC(=O)NCCOCCO[C@H]1O[C@H](CO)[C@@H](O)[C@H](O)[C@@H]1O)(CCC(=O)NCCOCCO[C@H]1O[C@H](CO)[C@@H](O)[C@H](O)[C@@H]1O)NC(=O)[C@H](Cc1ccccc1)NC(=O)c1ccc(-c2c3nc(c(-c4ccccc4)c4ccc([nH]4)c(-c4ccccc4)c4nc(c(-c5ccccc5)c5ccc2[nH]5)C=C4)C=C3)cc1)NCCOCCO[C@H]1O[C@H](CO)[C@@H](O)[C@H](O)[C@@H]1O. The van der Waals surface area contributed by atoms with E-state index in [2.05, 4.69) is 60.8 Å². The summed E-state index contributed by atoms with van der Waals surface area (Å²) in [6, 6.07) is 52.7. The second kappa shape index (κ2) is 46.6. The van der Waals surface area contributed by atoms with Gasteiger partial charge in [0, 0.05) is 101 Å². The molecule has 0 unspecified atom stereocenters. The van der Waals surface area contributed by atoms with Crippen LogP contribution in [0.15, 0.2) is 170 Å². The number of benzene rings is 5. The maximum absolute atomic E-state index is 15.8. The van der Waals surface area contributed by atoms with Gasteiger partial charge in [-0.25, -0.2) is 9.97 Å². The Morgan fingerprint density at radius 1 is 0.372 bits per heavy atom. The number of fused-ring (bicyclic) bond motifs is 8. The molecular formula is C94H111N9O26. The van der Waals surface area contributed by atoms with Crippen LogP contribution in [-0.2, 0) is 68.2 Å². The lowest BCUT2D eigenvalue weighted by atomic mass is 9.82. The minimum atomic E-state index is -1.67. The van der Waals surface area contributed by atoms with Gasteiger partial charge in [0.05, 0.1) is 102 Å². The molecule has 16 atom stereocenters. The van der Waals surface area contributed by atoms with Gasteiger partial charge in [0.25, 0.3) is 5.91 Å². The van der Waals surface area contributed by atoms with Crippen LogP contribution in [0.3, 0.4) is 0 Å². The maximum Gasteiger partial charge on any atom is 0.251 e. The molecule has 13 rings (SSSR count). The smallest absolute Gasteiger partial charge is 0.251 e. The number of carbonyl (C=O) groups excluding carboxylic acids is 5. The molecule has 0 aliphatic carbocycles. The van der Waals surface area contributed by atoms with Crippen LogP contribution in [0.5, 0.6) is 0 Å². The van der Waals surface area contributed by atoms with E-state index in [0.717, 1.165) is 61.3 Å². The van der Waals surface area contributed by atoms with Crippen molar-refractivity contribution in [3.8, 4) is 44.5 Å². The highest BCUT2D eigenvalue weighted by Gasteiger charge is 2.47. The summed E-state index contributed by atoms with van der Waals surface area (Å²) in [5.41, 5.74) is 11.8. The van der Waals surface area contributed by atoms with E-state index < -0.39 is 153 Å². The highest BCUT2D eigenvalue weighted by Crippen LogP contribution is 2.40. The fourth-order valence-corrected chi connectivity index (χ4v) is 15.9.